The molecule has 5 nitrogen and oxygen atoms in total. The number of carbonyl (C=O) groups excluding carboxylic acids is 2. The lowest BCUT2D eigenvalue weighted by atomic mass is 10.1. The topological polar surface area (TPSA) is 58.6 Å². The van der Waals surface area contributed by atoms with Gasteiger partial charge in [0.15, 0.2) is 0 Å². The summed E-state index contributed by atoms with van der Waals surface area (Å²) in [6.45, 7) is 5.03. The van der Waals surface area contributed by atoms with Crippen LogP contribution in [0.15, 0.2) is 24.3 Å². The van der Waals surface area contributed by atoms with Crippen LogP contribution in [-0.2, 0) is 14.3 Å². The molecular formula is C17H24N2O3. The molecule has 1 aromatic rings. The highest BCUT2D eigenvalue weighted by molar-refractivity contribution is 5.95. The standard InChI is InChI=1S/C17H24N2O3/c1-3-4-8-16(20)18-10-15-11-19(17(21)12-22-15)14-7-5-6-13(2)9-14/h5-7,9,15H,3-4,8,10-12H2,1-2H3,(H,18,20). The maximum Gasteiger partial charge on any atom is 0.253 e. The minimum absolute atomic E-state index is 0.0424. The van der Waals surface area contributed by atoms with E-state index in [2.05, 4.69) is 12.2 Å². The van der Waals surface area contributed by atoms with Crippen molar-refractivity contribution in [3.05, 3.63) is 29.8 Å². The summed E-state index contributed by atoms with van der Waals surface area (Å²) in [7, 11) is 0. The minimum Gasteiger partial charge on any atom is -0.365 e. The van der Waals surface area contributed by atoms with Crippen LogP contribution in [0.5, 0.6) is 0 Å². The Kier molecular flexibility index (Phi) is 5.95. The van der Waals surface area contributed by atoms with Crippen LogP contribution < -0.4 is 10.2 Å². The first-order chi connectivity index (χ1) is 10.6. The molecule has 1 saturated heterocycles. The molecule has 2 amide bonds. The van der Waals surface area contributed by atoms with Gasteiger partial charge in [-0.15, -0.1) is 0 Å². The summed E-state index contributed by atoms with van der Waals surface area (Å²) in [6.07, 6.45) is 2.28. The maximum absolute atomic E-state index is 12.0. The number of carbonyl (C=O) groups is 2. The van der Waals surface area contributed by atoms with Crippen molar-refractivity contribution in [1.29, 1.82) is 0 Å². The van der Waals surface area contributed by atoms with Gasteiger partial charge in [-0.1, -0.05) is 25.5 Å². The third kappa shape index (κ3) is 4.56. The van der Waals surface area contributed by atoms with Gasteiger partial charge in [-0.25, -0.2) is 0 Å². The molecule has 1 aliphatic heterocycles. The number of benzene rings is 1. The first kappa shape index (κ1) is 16.5. The highest BCUT2D eigenvalue weighted by Crippen LogP contribution is 2.19. The molecule has 1 aliphatic rings. The third-order valence-electron chi connectivity index (χ3n) is 3.73. The van der Waals surface area contributed by atoms with Crippen molar-refractivity contribution in [1.82, 2.24) is 5.32 Å². The lowest BCUT2D eigenvalue weighted by molar-refractivity contribution is -0.129. The second kappa shape index (κ2) is 7.94. The molecule has 0 aromatic heterocycles. The Labute approximate surface area is 131 Å². The van der Waals surface area contributed by atoms with E-state index in [1.807, 2.05) is 31.2 Å². The zero-order valence-electron chi connectivity index (χ0n) is 13.3. The first-order valence-electron chi connectivity index (χ1n) is 7.85. The SMILES string of the molecule is CCCCC(=O)NCC1CN(c2cccc(C)c2)C(=O)CO1. The first-order valence-corrected chi connectivity index (χ1v) is 7.85. The Hall–Kier alpha value is -1.88. The summed E-state index contributed by atoms with van der Waals surface area (Å²) in [6, 6.07) is 7.85. The number of morpholine rings is 1. The number of ether oxygens (including phenoxy) is 1. The van der Waals surface area contributed by atoms with E-state index < -0.39 is 0 Å². The molecule has 1 aromatic carbocycles. The molecule has 120 valence electrons. The second-order valence-electron chi connectivity index (χ2n) is 5.68. The summed E-state index contributed by atoms with van der Waals surface area (Å²) < 4.78 is 5.52. The molecule has 1 atom stereocenters. The highest BCUT2D eigenvalue weighted by atomic mass is 16.5. The molecule has 22 heavy (non-hydrogen) atoms. The number of nitrogens with zero attached hydrogens (tertiary/aromatic N) is 1. The summed E-state index contributed by atoms with van der Waals surface area (Å²) >= 11 is 0. The highest BCUT2D eigenvalue weighted by Gasteiger charge is 2.27. The van der Waals surface area contributed by atoms with Gasteiger partial charge in [-0.3, -0.25) is 9.59 Å². The Bertz CT molecular complexity index is 530. The molecule has 0 saturated carbocycles. The Morgan fingerprint density at radius 1 is 1.45 bits per heavy atom. The number of hydrogen-bond donors (Lipinski definition) is 1. The average Bonchev–Trinajstić information content (AvgIpc) is 2.52. The van der Waals surface area contributed by atoms with Crippen LogP contribution in [0.25, 0.3) is 0 Å². The van der Waals surface area contributed by atoms with Gasteiger partial charge in [0.1, 0.15) is 6.61 Å². The summed E-state index contributed by atoms with van der Waals surface area (Å²) in [5.74, 6) is 0.00335. The van der Waals surface area contributed by atoms with Gasteiger partial charge in [0.25, 0.3) is 5.91 Å². The molecule has 5 heteroatoms. The van der Waals surface area contributed by atoms with E-state index in [1.54, 1.807) is 4.90 Å². The predicted molar refractivity (Wildman–Crippen MR) is 85.8 cm³/mol. The summed E-state index contributed by atoms with van der Waals surface area (Å²) in [5.41, 5.74) is 2.00. The lowest BCUT2D eigenvalue weighted by Crippen LogP contribution is -2.50. The zero-order valence-corrected chi connectivity index (χ0v) is 13.3. The maximum atomic E-state index is 12.0. The number of nitrogens with one attached hydrogen (secondary N) is 1. The van der Waals surface area contributed by atoms with Crippen molar-refractivity contribution in [3.63, 3.8) is 0 Å². The van der Waals surface area contributed by atoms with Crippen LogP contribution in [0.2, 0.25) is 0 Å². The van der Waals surface area contributed by atoms with Crippen molar-refractivity contribution >= 4 is 17.5 Å². The zero-order chi connectivity index (χ0) is 15.9. The number of rotatable bonds is 6. The molecule has 0 spiro atoms. The number of amides is 2. The monoisotopic (exact) mass is 304 g/mol. The lowest BCUT2D eigenvalue weighted by Gasteiger charge is -2.33. The predicted octanol–water partition coefficient (Wildman–Crippen LogP) is 2.03. The quantitative estimate of drug-likeness (QED) is 0.875. The van der Waals surface area contributed by atoms with E-state index in [4.69, 9.17) is 4.74 Å². The van der Waals surface area contributed by atoms with Crippen LogP contribution in [0.1, 0.15) is 31.7 Å². The molecular weight excluding hydrogens is 280 g/mol. The Balaban J connectivity index is 1.91. The smallest absolute Gasteiger partial charge is 0.253 e. The normalized spacial score (nSPS) is 18.4. The van der Waals surface area contributed by atoms with Crippen LogP contribution in [0, 0.1) is 6.92 Å². The van der Waals surface area contributed by atoms with Crippen molar-refractivity contribution in [3.8, 4) is 0 Å². The van der Waals surface area contributed by atoms with Gasteiger partial charge in [0.05, 0.1) is 12.6 Å². The number of aryl methyl sites for hydroxylation is 1. The van der Waals surface area contributed by atoms with Crippen LogP contribution in [0.4, 0.5) is 5.69 Å². The van der Waals surface area contributed by atoms with E-state index in [0.29, 0.717) is 19.5 Å². The van der Waals surface area contributed by atoms with Crippen molar-refractivity contribution in [2.24, 2.45) is 0 Å². The fourth-order valence-electron chi connectivity index (χ4n) is 2.45. The van der Waals surface area contributed by atoms with Crippen LogP contribution >= 0.6 is 0 Å². The van der Waals surface area contributed by atoms with E-state index in [-0.39, 0.29) is 24.5 Å². The summed E-state index contributed by atoms with van der Waals surface area (Å²) in [4.78, 5) is 25.4. The third-order valence-corrected chi connectivity index (χ3v) is 3.73. The van der Waals surface area contributed by atoms with Crippen LogP contribution in [-0.4, -0.2) is 37.6 Å². The number of unbranched alkanes of at least 4 members (excludes halogenated alkanes) is 1. The average molecular weight is 304 g/mol. The van der Waals surface area contributed by atoms with Gasteiger partial charge in [-0.05, 0) is 31.0 Å². The van der Waals surface area contributed by atoms with Crippen molar-refractivity contribution in [2.75, 3.05) is 24.6 Å². The Morgan fingerprint density at radius 2 is 2.27 bits per heavy atom. The van der Waals surface area contributed by atoms with Crippen LogP contribution in [0.3, 0.4) is 0 Å². The fraction of sp³-hybridized carbons (Fsp3) is 0.529. The van der Waals surface area contributed by atoms with Gasteiger partial charge >= 0.3 is 0 Å². The molecule has 1 heterocycles. The molecule has 1 N–H and O–H groups in total. The number of anilines is 1. The van der Waals surface area contributed by atoms with E-state index in [9.17, 15) is 9.59 Å². The van der Waals surface area contributed by atoms with E-state index >= 15 is 0 Å². The fourth-order valence-corrected chi connectivity index (χ4v) is 2.45. The van der Waals surface area contributed by atoms with E-state index in [0.717, 1.165) is 24.1 Å². The molecule has 0 radical (unpaired) electrons. The van der Waals surface area contributed by atoms with Gasteiger partial charge in [-0.2, -0.15) is 0 Å². The second-order valence-corrected chi connectivity index (χ2v) is 5.68. The van der Waals surface area contributed by atoms with Crippen molar-refractivity contribution < 1.29 is 14.3 Å². The minimum atomic E-state index is -0.163. The number of hydrogen-bond acceptors (Lipinski definition) is 3. The molecule has 1 fully saturated rings. The van der Waals surface area contributed by atoms with E-state index in [1.165, 1.54) is 0 Å². The Morgan fingerprint density at radius 3 is 3.00 bits per heavy atom. The van der Waals surface area contributed by atoms with Gasteiger partial charge in [0, 0.05) is 18.7 Å². The summed E-state index contributed by atoms with van der Waals surface area (Å²) in [5, 5.41) is 2.88. The molecule has 2 rings (SSSR count). The van der Waals surface area contributed by atoms with Crippen molar-refractivity contribution in [2.45, 2.75) is 39.2 Å². The van der Waals surface area contributed by atoms with Gasteiger partial charge in [0.2, 0.25) is 5.91 Å². The van der Waals surface area contributed by atoms with Gasteiger partial charge < -0.3 is 15.0 Å². The molecule has 1 unspecified atom stereocenters. The molecule has 0 aliphatic carbocycles. The molecule has 0 bridgehead atoms. The largest absolute Gasteiger partial charge is 0.365 e.